The second-order valence-electron chi connectivity index (χ2n) is 16.1. The van der Waals surface area contributed by atoms with Crippen molar-refractivity contribution in [3.8, 4) is 0 Å². The van der Waals surface area contributed by atoms with E-state index in [1.807, 2.05) is 45.6 Å². The zero-order chi connectivity index (χ0) is 34.4. The molecule has 4 atom stereocenters. The van der Waals surface area contributed by atoms with Crippen molar-refractivity contribution in [1.29, 1.82) is 0 Å². The first-order valence-electron chi connectivity index (χ1n) is 17.9. The van der Waals surface area contributed by atoms with Crippen molar-refractivity contribution in [2.45, 2.75) is 128 Å². The number of para-hydroxylation sites is 2. The average molecular weight is 660 g/mol. The van der Waals surface area contributed by atoms with E-state index in [4.69, 9.17) is 9.72 Å². The van der Waals surface area contributed by atoms with Crippen molar-refractivity contribution in [2.75, 3.05) is 19.6 Å². The fourth-order valence-electron chi connectivity index (χ4n) is 8.72. The maximum atomic E-state index is 14.7. The number of amides is 2. The number of fused-ring (bicyclic) bond motifs is 3. The molecule has 6 rings (SSSR count). The van der Waals surface area contributed by atoms with Crippen LogP contribution in [0.2, 0.25) is 0 Å². The third kappa shape index (κ3) is 6.72. The van der Waals surface area contributed by atoms with Crippen LogP contribution in [0.15, 0.2) is 48.5 Å². The van der Waals surface area contributed by atoms with E-state index in [9.17, 15) is 14.0 Å². The standard InChI is InChI=1S/C39H54FN5O3/c1-26(2)38(7,42-36(47)48-37(4,5)6)35(46)43-20-17-39(18-21-43,28-11-10-12-29(40)23-28)19-22-44-30-15-16-31(44)25-32(24-30)45-27(3)41-33-13-8-9-14-34(33)45/h8-14,23,26,30-32H,15-22,24-25H2,1-7H3,(H,42,47)/t30-,31+,32+,38?. The summed E-state index contributed by atoms with van der Waals surface area (Å²) in [6.45, 7) is 15.3. The molecule has 3 aliphatic rings. The van der Waals surface area contributed by atoms with Gasteiger partial charge in [0.1, 0.15) is 22.8 Å². The van der Waals surface area contributed by atoms with Gasteiger partial charge in [0, 0.05) is 31.2 Å². The molecule has 1 N–H and O–H groups in total. The number of aryl methyl sites for hydroxylation is 1. The van der Waals surface area contributed by atoms with Gasteiger partial charge in [-0.15, -0.1) is 0 Å². The second-order valence-corrected chi connectivity index (χ2v) is 16.1. The van der Waals surface area contributed by atoms with E-state index in [1.165, 1.54) is 24.4 Å². The van der Waals surface area contributed by atoms with Crippen molar-refractivity contribution >= 4 is 23.0 Å². The summed E-state index contributed by atoms with van der Waals surface area (Å²) in [5, 5.41) is 2.90. The van der Waals surface area contributed by atoms with Gasteiger partial charge < -0.3 is 19.5 Å². The number of likely N-dealkylation sites (tertiary alicyclic amines) is 1. The van der Waals surface area contributed by atoms with E-state index in [0.717, 1.165) is 55.6 Å². The highest BCUT2D eigenvalue weighted by Gasteiger charge is 2.47. The minimum absolute atomic E-state index is 0.0985. The van der Waals surface area contributed by atoms with E-state index < -0.39 is 17.2 Å². The third-order valence-corrected chi connectivity index (χ3v) is 11.6. The highest BCUT2D eigenvalue weighted by atomic mass is 19.1. The Morgan fingerprint density at radius 1 is 1.00 bits per heavy atom. The predicted molar refractivity (Wildman–Crippen MR) is 187 cm³/mol. The summed E-state index contributed by atoms with van der Waals surface area (Å²) in [4.78, 5) is 36.4. The molecule has 0 spiro atoms. The molecule has 4 heterocycles. The zero-order valence-corrected chi connectivity index (χ0v) is 29.9. The van der Waals surface area contributed by atoms with Gasteiger partial charge in [0.15, 0.2) is 0 Å². The molecule has 3 aliphatic heterocycles. The maximum Gasteiger partial charge on any atom is 0.408 e. The summed E-state index contributed by atoms with van der Waals surface area (Å²) < 4.78 is 22.7. The topological polar surface area (TPSA) is 79.7 Å². The quantitative estimate of drug-likeness (QED) is 0.270. The maximum absolute atomic E-state index is 14.7. The molecule has 0 aliphatic carbocycles. The van der Waals surface area contributed by atoms with E-state index in [2.05, 4.69) is 52.0 Å². The number of aromatic nitrogens is 2. The summed E-state index contributed by atoms with van der Waals surface area (Å²) in [7, 11) is 0. The van der Waals surface area contributed by atoms with Gasteiger partial charge in [-0.1, -0.05) is 38.1 Å². The minimum Gasteiger partial charge on any atom is -0.444 e. The number of nitrogens with zero attached hydrogens (tertiary/aromatic N) is 4. The second kappa shape index (κ2) is 13.1. The largest absolute Gasteiger partial charge is 0.444 e. The fraction of sp³-hybridized carbons (Fsp3) is 0.615. The van der Waals surface area contributed by atoms with Crippen LogP contribution in [0.5, 0.6) is 0 Å². The number of rotatable bonds is 8. The fourth-order valence-corrected chi connectivity index (χ4v) is 8.72. The number of halogens is 1. The molecule has 3 fully saturated rings. The van der Waals surface area contributed by atoms with Gasteiger partial charge in [-0.3, -0.25) is 9.69 Å². The lowest BCUT2D eigenvalue weighted by Crippen LogP contribution is -2.63. The first kappa shape index (κ1) is 34.4. The Morgan fingerprint density at radius 2 is 1.67 bits per heavy atom. The molecule has 8 nitrogen and oxygen atoms in total. The molecule has 1 aromatic heterocycles. The summed E-state index contributed by atoms with van der Waals surface area (Å²) in [5.74, 6) is 0.631. The Hall–Kier alpha value is -3.46. The highest BCUT2D eigenvalue weighted by molar-refractivity contribution is 5.90. The molecule has 9 heteroatoms. The van der Waals surface area contributed by atoms with Crippen LogP contribution in [-0.4, -0.2) is 74.2 Å². The zero-order valence-electron chi connectivity index (χ0n) is 29.9. The number of alkyl carbamates (subject to hydrolysis) is 1. The van der Waals surface area contributed by atoms with Crippen LogP contribution in [0.25, 0.3) is 11.0 Å². The monoisotopic (exact) mass is 659 g/mol. The molecule has 3 aromatic rings. The van der Waals surface area contributed by atoms with Crippen LogP contribution in [0, 0.1) is 18.7 Å². The van der Waals surface area contributed by atoms with Gasteiger partial charge in [-0.2, -0.15) is 0 Å². The molecule has 1 unspecified atom stereocenters. The minimum atomic E-state index is -1.11. The van der Waals surface area contributed by atoms with Gasteiger partial charge in [0.2, 0.25) is 5.91 Å². The molecule has 48 heavy (non-hydrogen) atoms. The number of ether oxygens (including phenoxy) is 1. The Bertz CT molecular complexity index is 1620. The Labute approximate surface area is 285 Å². The van der Waals surface area contributed by atoms with E-state index in [0.29, 0.717) is 31.2 Å². The Kier molecular flexibility index (Phi) is 9.39. The van der Waals surface area contributed by atoms with Gasteiger partial charge in [-0.25, -0.2) is 14.2 Å². The molecule has 2 aromatic carbocycles. The number of imidazole rings is 1. The number of hydrogen-bond acceptors (Lipinski definition) is 5. The molecule has 2 amide bonds. The molecule has 260 valence electrons. The van der Waals surface area contributed by atoms with Crippen molar-refractivity contribution in [3.05, 3.63) is 65.7 Å². The van der Waals surface area contributed by atoms with Crippen molar-refractivity contribution in [1.82, 2.24) is 24.7 Å². The first-order chi connectivity index (χ1) is 22.7. The average Bonchev–Trinajstić information content (AvgIpc) is 3.49. The van der Waals surface area contributed by atoms with E-state index in [-0.39, 0.29) is 23.1 Å². The molecular weight excluding hydrogens is 605 g/mol. The lowest BCUT2D eigenvalue weighted by Gasteiger charge is -2.47. The Morgan fingerprint density at radius 3 is 2.29 bits per heavy atom. The summed E-state index contributed by atoms with van der Waals surface area (Å²) in [6.07, 6.45) is 6.47. The summed E-state index contributed by atoms with van der Waals surface area (Å²) in [6, 6.07) is 17.1. The van der Waals surface area contributed by atoms with Gasteiger partial charge >= 0.3 is 6.09 Å². The highest BCUT2D eigenvalue weighted by Crippen LogP contribution is 2.45. The number of piperidine rings is 2. The third-order valence-electron chi connectivity index (χ3n) is 11.6. The van der Waals surface area contributed by atoms with Crippen LogP contribution in [-0.2, 0) is 14.9 Å². The van der Waals surface area contributed by atoms with Crippen LogP contribution in [0.4, 0.5) is 9.18 Å². The van der Waals surface area contributed by atoms with Crippen molar-refractivity contribution < 1.29 is 18.7 Å². The van der Waals surface area contributed by atoms with Crippen LogP contribution in [0.1, 0.15) is 104 Å². The number of carbonyl (C=O) groups excluding carboxylic acids is 2. The van der Waals surface area contributed by atoms with Crippen molar-refractivity contribution in [3.63, 3.8) is 0 Å². The van der Waals surface area contributed by atoms with E-state index >= 15 is 0 Å². The molecule has 0 radical (unpaired) electrons. The Balaban J connectivity index is 1.16. The molecule has 2 bridgehead atoms. The molecular formula is C39H54FN5O3. The van der Waals surface area contributed by atoms with Crippen LogP contribution in [0.3, 0.4) is 0 Å². The number of nitrogens with one attached hydrogen (secondary N) is 1. The normalized spacial score (nSPS) is 24.1. The lowest BCUT2D eigenvalue weighted by molar-refractivity contribution is -0.141. The molecule has 0 saturated carbocycles. The van der Waals surface area contributed by atoms with Gasteiger partial charge in [-0.05, 0) is 127 Å². The predicted octanol–water partition coefficient (Wildman–Crippen LogP) is 7.54. The SMILES string of the molecule is Cc1nc2ccccc2n1[C@H]1C[C@H]2CC[C@@H](C1)N2CCC1(c2cccc(F)c2)CCN(C(=O)C(C)(NC(=O)OC(C)(C)C)C(C)C)CC1. The van der Waals surface area contributed by atoms with Crippen LogP contribution >= 0.6 is 0 Å². The van der Waals surface area contributed by atoms with Gasteiger partial charge in [0.05, 0.1) is 11.0 Å². The summed E-state index contributed by atoms with van der Waals surface area (Å²) >= 11 is 0. The van der Waals surface area contributed by atoms with E-state index in [1.54, 1.807) is 13.0 Å². The smallest absolute Gasteiger partial charge is 0.408 e. The number of hydrogen-bond donors (Lipinski definition) is 1. The lowest BCUT2D eigenvalue weighted by atomic mass is 9.69. The van der Waals surface area contributed by atoms with Gasteiger partial charge in [0.25, 0.3) is 0 Å². The van der Waals surface area contributed by atoms with Crippen molar-refractivity contribution in [2.24, 2.45) is 5.92 Å². The number of carbonyl (C=O) groups is 2. The van der Waals surface area contributed by atoms with Crippen LogP contribution < -0.4 is 5.32 Å². The first-order valence-corrected chi connectivity index (χ1v) is 17.9. The summed E-state index contributed by atoms with van der Waals surface area (Å²) in [5.41, 5.74) is 1.32. The number of benzene rings is 2. The molecule has 3 saturated heterocycles.